The SMILES string of the molecule is Cc1ccc(NC(=O)N2CCC(c3nnc(C(=O)Nc4cccc(F)c4)s3)CC2)cc1Cl. The number of anilines is 2. The lowest BCUT2D eigenvalue weighted by Crippen LogP contribution is -2.40. The van der Waals surface area contributed by atoms with Crippen molar-refractivity contribution in [3.8, 4) is 0 Å². The van der Waals surface area contributed by atoms with Crippen molar-refractivity contribution in [1.82, 2.24) is 15.1 Å². The summed E-state index contributed by atoms with van der Waals surface area (Å²) < 4.78 is 13.3. The maximum atomic E-state index is 13.3. The molecule has 2 N–H and O–H groups in total. The van der Waals surface area contributed by atoms with Crippen LogP contribution in [0.5, 0.6) is 0 Å². The average Bonchev–Trinajstić information content (AvgIpc) is 3.27. The Bertz CT molecular complexity index is 1150. The molecule has 32 heavy (non-hydrogen) atoms. The Morgan fingerprint density at radius 1 is 1.09 bits per heavy atom. The summed E-state index contributed by atoms with van der Waals surface area (Å²) in [6, 6.07) is 10.9. The van der Waals surface area contributed by atoms with E-state index in [1.54, 1.807) is 17.0 Å². The first-order valence-electron chi connectivity index (χ1n) is 10.1. The normalized spacial score (nSPS) is 14.3. The molecule has 3 aromatic rings. The number of nitrogens with one attached hydrogen (secondary N) is 2. The molecule has 0 atom stereocenters. The number of benzene rings is 2. The fraction of sp³-hybridized carbons (Fsp3) is 0.273. The highest BCUT2D eigenvalue weighted by atomic mass is 35.5. The molecule has 0 saturated carbocycles. The van der Waals surface area contributed by atoms with Crippen molar-refractivity contribution in [3.63, 3.8) is 0 Å². The molecule has 2 heterocycles. The Balaban J connectivity index is 1.31. The molecule has 4 rings (SSSR count). The maximum absolute atomic E-state index is 13.3. The highest BCUT2D eigenvalue weighted by Crippen LogP contribution is 2.31. The molecule has 1 saturated heterocycles. The van der Waals surface area contributed by atoms with Crippen LogP contribution in [0.4, 0.5) is 20.6 Å². The van der Waals surface area contributed by atoms with Crippen molar-refractivity contribution >= 4 is 46.3 Å². The number of aromatic nitrogens is 2. The summed E-state index contributed by atoms with van der Waals surface area (Å²) in [6.07, 6.45) is 1.45. The first kappa shape index (κ1) is 22.2. The van der Waals surface area contributed by atoms with Crippen molar-refractivity contribution in [2.24, 2.45) is 0 Å². The molecule has 7 nitrogen and oxygen atoms in total. The molecule has 2 aromatic carbocycles. The second kappa shape index (κ2) is 9.62. The molecule has 0 aliphatic carbocycles. The molecule has 10 heteroatoms. The van der Waals surface area contributed by atoms with Gasteiger partial charge in [0, 0.05) is 35.4 Å². The van der Waals surface area contributed by atoms with Crippen LogP contribution in [0.2, 0.25) is 5.02 Å². The number of urea groups is 1. The first-order chi connectivity index (χ1) is 15.4. The predicted octanol–water partition coefficient (Wildman–Crippen LogP) is 5.30. The van der Waals surface area contributed by atoms with Crippen LogP contribution in [0.3, 0.4) is 0 Å². The minimum atomic E-state index is -0.429. The summed E-state index contributed by atoms with van der Waals surface area (Å²) in [5, 5.41) is 15.3. The number of nitrogens with zero attached hydrogens (tertiary/aromatic N) is 3. The van der Waals surface area contributed by atoms with E-state index in [1.807, 2.05) is 19.1 Å². The van der Waals surface area contributed by atoms with Crippen LogP contribution in [0.15, 0.2) is 42.5 Å². The molecule has 1 aromatic heterocycles. The van der Waals surface area contributed by atoms with Gasteiger partial charge in [-0.2, -0.15) is 0 Å². The number of piperidine rings is 1. The molecule has 166 valence electrons. The van der Waals surface area contributed by atoms with Crippen molar-refractivity contribution in [1.29, 1.82) is 0 Å². The second-order valence-corrected chi connectivity index (χ2v) is 8.98. The van der Waals surface area contributed by atoms with Gasteiger partial charge in [0.1, 0.15) is 10.8 Å². The van der Waals surface area contributed by atoms with E-state index < -0.39 is 11.7 Å². The lowest BCUT2D eigenvalue weighted by Gasteiger charge is -2.31. The molecule has 1 aliphatic rings. The minimum Gasteiger partial charge on any atom is -0.324 e. The van der Waals surface area contributed by atoms with Gasteiger partial charge in [0.15, 0.2) is 0 Å². The Kier molecular flexibility index (Phi) is 6.66. The molecular formula is C22H21ClFN5O2S. The third-order valence-electron chi connectivity index (χ3n) is 5.27. The minimum absolute atomic E-state index is 0.126. The van der Waals surface area contributed by atoms with Crippen LogP contribution in [0.1, 0.15) is 39.1 Å². The van der Waals surface area contributed by atoms with E-state index in [0.29, 0.717) is 29.5 Å². The smallest absolute Gasteiger partial charge is 0.321 e. The number of hydrogen-bond acceptors (Lipinski definition) is 5. The second-order valence-electron chi connectivity index (χ2n) is 7.57. The van der Waals surface area contributed by atoms with E-state index in [0.717, 1.165) is 23.4 Å². The Morgan fingerprint density at radius 3 is 2.56 bits per heavy atom. The molecule has 0 spiro atoms. The van der Waals surface area contributed by atoms with Crippen LogP contribution in [0.25, 0.3) is 0 Å². The monoisotopic (exact) mass is 473 g/mol. The van der Waals surface area contributed by atoms with Crippen molar-refractivity contribution in [2.45, 2.75) is 25.7 Å². The fourth-order valence-electron chi connectivity index (χ4n) is 3.44. The van der Waals surface area contributed by atoms with Crippen LogP contribution in [-0.4, -0.2) is 40.1 Å². The van der Waals surface area contributed by atoms with Gasteiger partial charge in [-0.3, -0.25) is 4.79 Å². The number of carbonyl (C=O) groups excluding carboxylic acids is 2. The van der Waals surface area contributed by atoms with Crippen molar-refractivity contribution in [3.05, 3.63) is 68.9 Å². The first-order valence-corrected chi connectivity index (χ1v) is 11.3. The van der Waals surface area contributed by atoms with Gasteiger partial charge < -0.3 is 15.5 Å². The van der Waals surface area contributed by atoms with E-state index in [1.165, 1.54) is 29.5 Å². The highest BCUT2D eigenvalue weighted by Gasteiger charge is 2.27. The van der Waals surface area contributed by atoms with E-state index in [4.69, 9.17) is 11.6 Å². The standard InChI is InChI=1S/C22H21ClFN5O2S/c1-13-5-6-17(12-18(13)23)26-22(31)29-9-7-14(8-10-29)20-27-28-21(32-20)19(30)25-16-4-2-3-15(24)11-16/h2-6,11-12,14H,7-10H2,1H3,(H,25,30)(H,26,31). The quantitative estimate of drug-likeness (QED) is 0.538. The van der Waals surface area contributed by atoms with Crippen LogP contribution < -0.4 is 10.6 Å². The predicted molar refractivity (Wildman–Crippen MR) is 123 cm³/mol. The van der Waals surface area contributed by atoms with Crippen molar-refractivity contribution < 1.29 is 14.0 Å². The Labute approximate surface area is 193 Å². The molecule has 0 unspecified atom stereocenters. The van der Waals surface area contributed by atoms with Gasteiger partial charge in [0.25, 0.3) is 5.91 Å². The van der Waals surface area contributed by atoms with Crippen LogP contribution in [0, 0.1) is 12.7 Å². The Morgan fingerprint density at radius 2 is 1.84 bits per heavy atom. The zero-order valence-electron chi connectivity index (χ0n) is 17.3. The molecular weight excluding hydrogens is 453 g/mol. The van der Waals surface area contributed by atoms with Crippen LogP contribution in [-0.2, 0) is 0 Å². The molecule has 1 fully saturated rings. The molecule has 0 radical (unpaired) electrons. The van der Waals surface area contributed by atoms with Gasteiger partial charge in [0.05, 0.1) is 0 Å². The van der Waals surface area contributed by atoms with Gasteiger partial charge in [-0.05, 0) is 55.7 Å². The topological polar surface area (TPSA) is 87.2 Å². The number of rotatable bonds is 4. The number of carbonyl (C=O) groups is 2. The van der Waals surface area contributed by atoms with E-state index >= 15 is 0 Å². The summed E-state index contributed by atoms with van der Waals surface area (Å²) in [5.41, 5.74) is 1.97. The maximum Gasteiger partial charge on any atom is 0.321 e. The number of aryl methyl sites for hydroxylation is 1. The summed E-state index contributed by atoms with van der Waals surface area (Å²) in [6.45, 7) is 3.05. The number of likely N-dealkylation sites (tertiary alicyclic amines) is 1. The van der Waals surface area contributed by atoms with Gasteiger partial charge >= 0.3 is 6.03 Å². The van der Waals surface area contributed by atoms with E-state index in [9.17, 15) is 14.0 Å². The summed E-state index contributed by atoms with van der Waals surface area (Å²) >= 11 is 7.35. The third kappa shape index (κ3) is 5.23. The summed E-state index contributed by atoms with van der Waals surface area (Å²) in [4.78, 5) is 26.7. The third-order valence-corrected chi connectivity index (χ3v) is 6.76. The van der Waals surface area contributed by atoms with Gasteiger partial charge in [-0.1, -0.05) is 35.1 Å². The van der Waals surface area contributed by atoms with Gasteiger partial charge in [-0.25, -0.2) is 9.18 Å². The number of amides is 3. The summed E-state index contributed by atoms with van der Waals surface area (Å²) in [7, 11) is 0. The zero-order chi connectivity index (χ0) is 22.7. The molecule has 3 amide bonds. The highest BCUT2D eigenvalue weighted by molar-refractivity contribution is 7.13. The molecule has 0 bridgehead atoms. The largest absolute Gasteiger partial charge is 0.324 e. The lowest BCUT2D eigenvalue weighted by atomic mass is 9.98. The molecule has 1 aliphatic heterocycles. The average molecular weight is 474 g/mol. The zero-order valence-corrected chi connectivity index (χ0v) is 18.8. The number of hydrogen-bond donors (Lipinski definition) is 2. The van der Waals surface area contributed by atoms with Gasteiger partial charge in [-0.15, -0.1) is 10.2 Å². The van der Waals surface area contributed by atoms with Crippen molar-refractivity contribution in [2.75, 3.05) is 23.7 Å². The summed E-state index contributed by atoms with van der Waals surface area (Å²) in [5.74, 6) is -0.726. The number of halogens is 2. The van der Waals surface area contributed by atoms with E-state index in [2.05, 4.69) is 20.8 Å². The Hall–Kier alpha value is -3.04. The fourth-order valence-corrected chi connectivity index (χ4v) is 4.53. The lowest BCUT2D eigenvalue weighted by molar-refractivity contribution is 0.102. The van der Waals surface area contributed by atoms with Gasteiger partial charge in [0.2, 0.25) is 5.01 Å². The van der Waals surface area contributed by atoms with Crippen LogP contribution >= 0.6 is 22.9 Å². The van der Waals surface area contributed by atoms with E-state index in [-0.39, 0.29) is 17.0 Å².